The predicted octanol–water partition coefficient (Wildman–Crippen LogP) is 1.97. The molecule has 1 aromatic carbocycles. The highest BCUT2D eigenvalue weighted by Crippen LogP contribution is 2.42. The summed E-state index contributed by atoms with van der Waals surface area (Å²) >= 11 is 0. The molecular formula is C19H25NO5. The molecule has 2 fully saturated rings. The predicted molar refractivity (Wildman–Crippen MR) is 91.5 cm³/mol. The number of methoxy groups -OCH3 is 1. The topological polar surface area (TPSA) is 76.1 Å². The molecule has 25 heavy (non-hydrogen) atoms. The summed E-state index contributed by atoms with van der Waals surface area (Å²) in [6.45, 7) is 1.70. The van der Waals surface area contributed by atoms with Gasteiger partial charge in [0.2, 0.25) is 5.91 Å². The summed E-state index contributed by atoms with van der Waals surface area (Å²) in [4.78, 5) is 26.0. The number of hydrogen-bond donors (Lipinski definition) is 1. The van der Waals surface area contributed by atoms with Crippen LogP contribution in [0.15, 0.2) is 24.3 Å². The minimum atomic E-state index is -0.816. The maximum absolute atomic E-state index is 12.5. The summed E-state index contributed by atoms with van der Waals surface area (Å²) in [6, 6.07) is 7.84. The molecule has 2 aliphatic heterocycles. The lowest BCUT2D eigenvalue weighted by Gasteiger charge is -2.33. The van der Waals surface area contributed by atoms with Crippen LogP contribution in [0.1, 0.15) is 24.8 Å². The SMILES string of the molecule is COc1ccc(CCCC(=O)N2C[C@H]3COCC[C@@]3(C(=O)O)C2)cc1. The van der Waals surface area contributed by atoms with E-state index in [0.717, 1.165) is 18.6 Å². The molecule has 2 atom stereocenters. The molecular weight excluding hydrogens is 322 g/mol. The minimum Gasteiger partial charge on any atom is -0.497 e. The minimum absolute atomic E-state index is 0.0449. The van der Waals surface area contributed by atoms with Gasteiger partial charge in [-0.1, -0.05) is 12.1 Å². The molecule has 2 saturated heterocycles. The number of amides is 1. The third-order valence-corrected chi connectivity index (χ3v) is 5.50. The van der Waals surface area contributed by atoms with Gasteiger partial charge in [-0.15, -0.1) is 0 Å². The van der Waals surface area contributed by atoms with Crippen molar-refractivity contribution in [1.82, 2.24) is 4.90 Å². The maximum atomic E-state index is 12.5. The van der Waals surface area contributed by atoms with Crippen LogP contribution >= 0.6 is 0 Å². The number of carbonyl (C=O) groups excluding carboxylic acids is 1. The van der Waals surface area contributed by atoms with Crippen molar-refractivity contribution in [3.8, 4) is 5.75 Å². The third kappa shape index (κ3) is 3.63. The fourth-order valence-electron chi connectivity index (χ4n) is 3.88. The Hall–Kier alpha value is -2.08. The van der Waals surface area contributed by atoms with Gasteiger partial charge in [-0.25, -0.2) is 0 Å². The van der Waals surface area contributed by atoms with Crippen molar-refractivity contribution in [3.63, 3.8) is 0 Å². The van der Waals surface area contributed by atoms with Crippen molar-refractivity contribution in [2.75, 3.05) is 33.4 Å². The Morgan fingerprint density at radius 2 is 2.12 bits per heavy atom. The number of aryl methyl sites for hydroxylation is 1. The van der Waals surface area contributed by atoms with Crippen molar-refractivity contribution in [3.05, 3.63) is 29.8 Å². The largest absolute Gasteiger partial charge is 0.497 e. The van der Waals surface area contributed by atoms with Crippen molar-refractivity contribution < 1.29 is 24.2 Å². The number of aliphatic carboxylic acids is 1. The number of carboxylic acid groups (broad SMARTS) is 1. The van der Waals surface area contributed by atoms with E-state index in [9.17, 15) is 14.7 Å². The highest BCUT2D eigenvalue weighted by molar-refractivity contribution is 5.81. The van der Waals surface area contributed by atoms with Gasteiger partial charge in [0.05, 0.1) is 19.1 Å². The monoisotopic (exact) mass is 347 g/mol. The highest BCUT2D eigenvalue weighted by Gasteiger charge is 2.54. The van der Waals surface area contributed by atoms with E-state index in [0.29, 0.717) is 39.1 Å². The average Bonchev–Trinajstić information content (AvgIpc) is 3.03. The molecule has 1 aromatic rings. The number of carbonyl (C=O) groups is 2. The smallest absolute Gasteiger partial charge is 0.311 e. The number of benzene rings is 1. The molecule has 0 aromatic heterocycles. The average molecular weight is 347 g/mol. The molecule has 0 saturated carbocycles. The maximum Gasteiger partial charge on any atom is 0.311 e. The zero-order chi connectivity index (χ0) is 17.9. The first-order chi connectivity index (χ1) is 12.0. The molecule has 0 bridgehead atoms. The quantitative estimate of drug-likeness (QED) is 0.851. The van der Waals surface area contributed by atoms with E-state index in [1.54, 1.807) is 12.0 Å². The second-order valence-corrected chi connectivity index (χ2v) is 6.96. The van der Waals surface area contributed by atoms with Crippen LogP contribution in [0.5, 0.6) is 5.75 Å². The summed E-state index contributed by atoms with van der Waals surface area (Å²) in [5.41, 5.74) is 0.350. The Morgan fingerprint density at radius 1 is 1.36 bits per heavy atom. The Balaban J connectivity index is 1.52. The van der Waals surface area contributed by atoms with E-state index < -0.39 is 11.4 Å². The van der Waals surface area contributed by atoms with Crippen molar-refractivity contribution in [2.45, 2.75) is 25.7 Å². The Kier molecular flexibility index (Phi) is 5.27. The molecule has 6 nitrogen and oxygen atoms in total. The first kappa shape index (κ1) is 17.7. The first-order valence-electron chi connectivity index (χ1n) is 8.77. The molecule has 0 aliphatic carbocycles. The lowest BCUT2D eigenvalue weighted by Crippen LogP contribution is -2.45. The van der Waals surface area contributed by atoms with E-state index in [2.05, 4.69) is 0 Å². The van der Waals surface area contributed by atoms with Gasteiger partial charge < -0.3 is 19.5 Å². The molecule has 2 aliphatic rings. The summed E-state index contributed by atoms with van der Waals surface area (Å²) in [6.07, 6.45) is 2.50. The van der Waals surface area contributed by atoms with E-state index >= 15 is 0 Å². The normalized spacial score (nSPS) is 25.5. The van der Waals surface area contributed by atoms with E-state index in [-0.39, 0.29) is 11.8 Å². The number of hydrogen-bond acceptors (Lipinski definition) is 4. The fraction of sp³-hybridized carbons (Fsp3) is 0.579. The molecule has 0 radical (unpaired) electrons. The zero-order valence-corrected chi connectivity index (χ0v) is 14.6. The van der Waals surface area contributed by atoms with E-state index in [1.807, 2.05) is 24.3 Å². The number of fused-ring (bicyclic) bond motifs is 1. The summed E-state index contributed by atoms with van der Waals surface area (Å²) in [7, 11) is 1.64. The lowest BCUT2D eigenvalue weighted by molar-refractivity contribution is -0.157. The van der Waals surface area contributed by atoms with Crippen LogP contribution in [0.25, 0.3) is 0 Å². The van der Waals surface area contributed by atoms with Crippen LogP contribution in [0.4, 0.5) is 0 Å². The molecule has 2 heterocycles. The number of nitrogens with zero attached hydrogens (tertiary/aromatic N) is 1. The standard InChI is InChI=1S/C19H25NO5/c1-24-16-7-5-14(6-8-16)3-2-4-17(21)20-11-15-12-25-10-9-19(15,13-20)18(22)23/h5-8,15H,2-4,9-13H2,1H3,(H,22,23)/t15-,19+/m0/s1. The molecule has 1 amide bonds. The number of ether oxygens (including phenoxy) is 2. The molecule has 0 unspecified atom stereocenters. The van der Waals surface area contributed by atoms with Crippen LogP contribution in [-0.4, -0.2) is 55.3 Å². The van der Waals surface area contributed by atoms with E-state index in [4.69, 9.17) is 9.47 Å². The molecule has 1 N–H and O–H groups in total. The second-order valence-electron chi connectivity index (χ2n) is 6.96. The molecule has 3 rings (SSSR count). The summed E-state index contributed by atoms with van der Waals surface area (Å²) in [5, 5.41) is 9.66. The second kappa shape index (κ2) is 7.44. The Bertz CT molecular complexity index is 629. The van der Waals surface area contributed by atoms with Crippen LogP contribution in [0.2, 0.25) is 0 Å². The van der Waals surface area contributed by atoms with Gasteiger partial charge in [0.25, 0.3) is 0 Å². The molecule has 0 spiro atoms. The van der Waals surface area contributed by atoms with Crippen molar-refractivity contribution in [2.24, 2.45) is 11.3 Å². The summed E-state index contributed by atoms with van der Waals surface area (Å²) in [5.74, 6) is -0.0251. The van der Waals surface area contributed by atoms with Gasteiger partial charge in [-0.2, -0.15) is 0 Å². The van der Waals surface area contributed by atoms with Crippen molar-refractivity contribution >= 4 is 11.9 Å². The van der Waals surface area contributed by atoms with E-state index in [1.165, 1.54) is 5.56 Å². The summed E-state index contributed by atoms with van der Waals surface area (Å²) < 4.78 is 10.6. The Labute approximate surface area is 147 Å². The lowest BCUT2D eigenvalue weighted by atomic mass is 9.74. The molecule has 136 valence electrons. The fourth-order valence-corrected chi connectivity index (χ4v) is 3.88. The van der Waals surface area contributed by atoms with Crippen molar-refractivity contribution in [1.29, 1.82) is 0 Å². The van der Waals surface area contributed by atoms with Crippen LogP contribution < -0.4 is 4.74 Å². The van der Waals surface area contributed by atoms with Crippen LogP contribution in [-0.2, 0) is 20.7 Å². The highest BCUT2D eigenvalue weighted by atomic mass is 16.5. The number of likely N-dealkylation sites (tertiary alicyclic amines) is 1. The van der Waals surface area contributed by atoms with Gasteiger partial charge in [0.1, 0.15) is 5.75 Å². The number of carboxylic acids is 1. The van der Waals surface area contributed by atoms with Crippen LogP contribution in [0, 0.1) is 11.3 Å². The Morgan fingerprint density at radius 3 is 2.76 bits per heavy atom. The van der Waals surface area contributed by atoms with Gasteiger partial charge in [-0.05, 0) is 37.0 Å². The van der Waals surface area contributed by atoms with Gasteiger partial charge in [0, 0.05) is 32.0 Å². The first-order valence-corrected chi connectivity index (χ1v) is 8.77. The van der Waals surface area contributed by atoms with Gasteiger partial charge in [0.15, 0.2) is 0 Å². The zero-order valence-electron chi connectivity index (χ0n) is 14.6. The van der Waals surface area contributed by atoms with Gasteiger partial charge >= 0.3 is 5.97 Å². The van der Waals surface area contributed by atoms with Crippen LogP contribution in [0.3, 0.4) is 0 Å². The molecule has 6 heteroatoms. The third-order valence-electron chi connectivity index (χ3n) is 5.50. The number of rotatable bonds is 6. The van der Waals surface area contributed by atoms with Gasteiger partial charge in [-0.3, -0.25) is 9.59 Å².